The Balaban J connectivity index is 1.91. The Labute approximate surface area is 561 Å². The summed E-state index contributed by atoms with van der Waals surface area (Å²) in [7, 11) is 0. The minimum atomic E-state index is -1.42. The molecule has 28 N–H and O–H groups in total. The number of hydrogen-bond donors (Lipinski definition) is 19. The summed E-state index contributed by atoms with van der Waals surface area (Å²) in [5.74, 6) is -8.59. The Morgan fingerprint density at radius 3 is 1.61 bits per heavy atom. The van der Waals surface area contributed by atoms with E-state index in [1.807, 2.05) is 13.8 Å². The molecule has 0 spiro atoms. The van der Waals surface area contributed by atoms with Crippen LogP contribution in [-0.2, 0) is 60.8 Å². The number of carbonyl (C=O) groups excluding carboxylic acids is 10. The standard InChI is InChI=1S/C63H106N22O11/c1-5-38(4)52(59(95)82-46(20-13-29-76-63(71)72)60(96)85-30-14-21-49(85)58(94)79-43(53(66)89)17-9-10-26-64)84-55(91)45(19-12-28-75-62(69)70)80-54(90)44(18-11-27-74-61(67)68)81-56(92)47(31-37(2)3)83-57(93)48(33-39-15-7-6-8-16-39)78-51(88)36-77-50(87)35-73-34-41(65)32-40-22-24-42(86)25-23-40/h6-8,15-16,22-25,37-38,41,43-49,52,73,86H,5,9-14,17-21,26-36,64-65H2,1-4H3,(H2,66,89)(H,77,87)(H,78,88)(H,79,94)(H,80,90)(H,81,92)(H,82,95)(H,83,93)(H,84,91)(H4,67,68,74)(H4,69,70,75)(H4,71,72,76)/t38-,41-,43-,44-,45-,46-,47-,48-,49-,52-/m0/s1. The Hall–Kier alpha value is -9.37. The van der Waals surface area contributed by atoms with Gasteiger partial charge in [0.1, 0.15) is 54.1 Å². The van der Waals surface area contributed by atoms with Crippen LogP contribution in [0.15, 0.2) is 69.6 Å². The lowest BCUT2D eigenvalue weighted by molar-refractivity contribution is -0.142. The fourth-order valence-electron chi connectivity index (χ4n) is 10.5. The van der Waals surface area contributed by atoms with Crippen LogP contribution < -0.4 is 99.5 Å². The molecule has 33 heteroatoms. The molecule has 0 unspecified atom stereocenters. The fraction of sp³-hybridized carbons (Fsp3) is 0.603. The number of aromatic hydroxyl groups is 1. The molecule has 1 aliphatic heterocycles. The van der Waals surface area contributed by atoms with Crippen LogP contribution >= 0.6 is 0 Å². The van der Waals surface area contributed by atoms with Gasteiger partial charge in [0, 0.05) is 45.2 Å². The lowest BCUT2D eigenvalue weighted by Crippen LogP contribution is -2.61. The highest BCUT2D eigenvalue weighted by Crippen LogP contribution is 2.22. The number of aliphatic imine (C=N–C) groups is 3. The predicted octanol–water partition coefficient (Wildman–Crippen LogP) is -4.54. The molecule has 1 fully saturated rings. The molecule has 33 nitrogen and oxygen atoms in total. The first-order chi connectivity index (χ1) is 45.6. The van der Waals surface area contributed by atoms with Crippen molar-refractivity contribution in [2.24, 2.45) is 78.4 Å². The van der Waals surface area contributed by atoms with Gasteiger partial charge in [-0.15, -0.1) is 0 Å². The molecule has 0 aliphatic carbocycles. The van der Waals surface area contributed by atoms with E-state index < -0.39 is 120 Å². The van der Waals surface area contributed by atoms with Crippen LogP contribution in [0.3, 0.4) is 0 Å². The number of nitrogens with zero attached hydrogens (tertiary/aromatic N) is 4. The first-order valence-corrected chi connectivity index (χ1v) is 32.7. The maximum absolute atomic E-state index is 14.8. The van der Waals surface area contributed by atoms with Crippen LogP contribution in [0.2, 0.25) is 0 Å². The average molecular weight is 1350 g/mol. The van der Waals surface area contributed by atoms with E-state index in [4.69, 9.17) is 51.6 Å². The maximum atomic E-state index is 14.8. The summed E-state index contributed by atoms with van der Waals surface area (Å²) in [4.78, 5) is 154. The van der Waals surface area contributed by atoms with E-state index in [0.717, 1.165) is 5.56 Å². The van der Waals surface area contributed by atoms with Crippen molar-refractivity contribution in [3.05, 3.63) is 65.7 Å². The van der Waals surface area contributed by atoms with Crippen LogP contribution in [0.25, 0.3) is 0 Å². The summed E-state index contributed by atoms with van der Waals surface area (Å²) in [6.07, 6.45) is 3.07. The van der Waals surface area contributed by atoms with E-state index in [9.17, 15) is 53.1 Å². The second-order valence-corrected chi connectivity index (χ2v) is 24.4. The highest BCUT2D eigenvalue weighted by molar-refractivity contribution is 5.98. The van der Waals surface area contributed by atoms with Crippen molar-refractivity contribution in [2.75, 3.05) is 52.4 Å². The van der Waals surface area contributed by atoms with Crippen LogP contribution in [0.5, 0.6) is 5.75 Å². The minimum Gasteiger partial charge on any atom is -0.508 e. The second-order valence-electron chi connectivity index (χ2n) is 24.4. The van der Waals surface area contributed by atoms with Crippen LogP contribution in [0.1, 0.15) is 122 Å². The SMILES string of the molecule is CC[C@H](C)[C@H](NC(=O)[C@H](CCCN=C(N)N)NC(=O)[C@H](CCCN=C(N)N)NC(=O)[C@H](CC(C)C)NC(=O)[C@H](Cc1ccccc1)NC(=O)CNC(=O)CNC[C@@H](N)Cc1ccc(O)cc1)C(=O)N[C@@H](CCCN=C(N)N)C(=O)N1CCC[C@H]1C(=O)N[C@@H](CCCCN)C(N)=O. The Morgan fingerprint density at radius 2 is 1.07 bits per heavy atom. The van der Waals surface area contributed by atoms with E-state index in [1.165, 1.54) is 4.90 Å². The summed E-state index contributed by atoms with van der Waals surface area (Å²) in [6, 6.07) is 4.96. The number of carbonyl (C=O) groups is 10. The molecule has 1 saturated heterocycles. The maximum Gasteiger partial charge on any atom is 0.245 e. The topological polar surface area (TPSA) is 574 Å². The van der Waals surface area contributed by atoms with E-state index >= 15 is 0 Å². The van der Waals surface area contributed by atoms with E-state index in [2.05, 4.69) is 62.8 Å². The zero-order chi connectivity index (χ0) is 71.3. The second kappa shape index (κ2) is 43.6. The summed E-state index contributed by atoms with van der Waals surface area (Å²) >= 11 is 0. The number of benzene rings is 2. The first kappa shape index (κ1) is 80.9. The van der Waals surface area contributed by atoms with E-state index in [1.54, 1.807) is 68.4 Å². The van der Waals surface area contributed by atoms with Gasteiger partial charge >= 0.3 is 0 Å². The van der Waals surface area contributed by atoms with Crippen molar-refractivity contribution in [3.8, 4) is 5.75 Å². The number of unbranched alkanes of at least 4 members (excludes halogenated alkanes) is 1. The van der Waals surface area contributed by atoms with Gasteiger partial charge in [0.15, 0.2) is 17.9 Å². The number of hydrogen-bond acceptors (Lipinski definition) is 17. The predicted molar refractivity (Wildman–Crippen MR) is 365 cm³/mol. The van der Waals surface area contributed by atoms with E-state index in [0.29, 0.717) is 44.2 Å². The number of guanidine groups is 3. The summed E-state index contributed by atoms with van der Waals surface area (Å²) in [5.41, 5.74) is 52.7. The van der Waals surface area contributed by atoms with Gasteiger partial charge in [-0.05, 0) is 125 Å². The van der Waals surface area contributed by atoms with Crippen molar-refractivity contribution in [2.45, 2.75) is 178 Å². The van der Waals surface area contributed by atoms with Gasteiger partial charge in [0.25, 0.3) is 0 Å². The molecule has 0 saturated carbocycles. The summed E-state index contributed by atoms with van der Waals surface area (Å²) in [5, 5.41) is 34.3. The highest BCUT2D eigenvalue weighted by atomic mass is 16.3. The third-order valence-electron chi connectivity index (χ3n) is 15.8. The Morgan fingerprint density at radius 1 is 0.562 bits per heavy atom. The number of nitrogens with one attached hydrogen (secondary N) is 9. The average Bonchev–Trinajstić information content (AvgIpc) is 1.60. The molecule has 1 aliphatic rings. The van der Waals surface area contributed by atoms with Gasteiger partial charge in [-0.1, -0.05) is 76.6 Å². The molecule has 1 heterocycles. The Bertz CT molecular complexity index is 2910. The molecule has 96 heavy (non-hydrogen) atoms. The third kappa shape index (κ3) is 31.2. The number of amides is 10. The van der Waals surface area contributed by atoms with E-state index in [-0.39, 0.29) is 139 Å². The minimum absolute atomic E-state index is 0.00847. The molecule has 0 bridgehead atoms. The summed E-state index contributed by atoms with van der Waals surface area (Å²) < 4.78 is 0. The molecule has 2 aromatic rings. The molecule has 534 valence electrons. The van der Waals surface area contributed by atoms with Gasteiger partial charge in [-0.3, -0.25) is 62.9 Å². The fourth-order valence-corrected chi connectivity index (χ4v) is 10.5. The van der Waals surface area contributed by atoms with Crippen molar-refractivity contribution in [3.63, 3.8) is 0 Å². The largest absolute Gasteiger partial charge is 0.508 e. The van der Waals surface area contributed by atoms with Gasteiger partial charge in [0.2, 0.25) is 59.1 Å². The smallest absolute Gasteiger partial charge is 0.245 e. The number of likely N-dealkylation sites (tertiary alicyclic amines) is 1. The molecule has 10 amide bonds. The molecule has 0 aromatic heterocycles. The number of nitrogens with two attached hydrogens (primary N) is 9. The normalized spacial score (nSPS) is 15.4. The number of phenols is 1. The highest BCUT2D eigenvalue weighted by Gasteiger charge is 2.41. The zero-order valence-electron chi connectivity index (χ0n) is 55.8. The molecule has 0 radical (unpaired) electrons. The Kier molecular flexibility index (Phi) is 36.7. The number of primary amides is 1. The van der Waals surface area contributed by atoms with Gasteiger partial charge in [0.05, 0.1) is 13.1 Å². The molecular weight excluding hydrogens is 1240 g/mol. The van der Waals surface area contributed by atoms with Gasteiger partial charge in [-0.2, -0.15) is 0 Å². The van der Waals surface area contributed by atoms with Crippen molar-refractivity contribution >= 4 is 77.0 Å². The van der Waals surface area contributed by atoms with Crippen LogP contribution in [-0.4, -0.2) is 194 Å². The molecule has 3 rings (SSSR count). The number of phenolic OH excluding ortho intramolecular Hbond substituents is 1. The monoisotopic (exact) mass is 1350 g/mol. The lowest BCUT2D eigenvalue weighted by Gasteiger charge is -2.32. The molecular formula is C63H106N22O11. The quantitative estimate of drug-likeness (QED) is 0.0169. The third-order valence-corrected chi connectivity index (χ3v) is 15.8. The van der Waals surface area contributed by atoms with Crippen LogP contribution in [0.4, 0.5) is 0 Å². The van der Waals surface area contributed by atoms with Crippen molar-refractivity contribution < 1.29 is 53.1 Å². The van der Waals surface area contributed by atoms with Crippen LogP contribution in [0, 0.1) is 11.8 Å². The first-order valence-electron chi connectivity index (χ1n) is 32.7. The van der Waals surface area contributed by atoms with Gasteiger partial charge < -0.3 is 109 Å². The van der Waals surface area contributed by atoms with Gasteiger partial charge in [-0.25, -0.2) is 0 Å². The van der Waals surface area contributed by atoms with Crippen molar-refractivity contribution in [1.29, 1.82) is 0 Å². The zero-order valence-corrected chi connectivity index (χ0v) is 55.8. The lowest BCUT2D eigenvalue weighted by atomic mass is 9.96. The van der Waals surface area contributed by atoms with Crippen molar-refractivity contribution in [1.82, 2.24) is 52.8 Å². The molecule has 2 aromatic carbocycles. The summed E-state index contributed by atoms with van der Waals surface area (Å²) in [6.45, 7) is 7.31. The molecule has 10 atom stereocenters. The number of rotatable bonds is 45.